The summed E-state index contributed by atoms with van der Waals surface area (Å²) in [4.78, 5) is 33.0. The number of fused-ring (bicyclic) bond motifs is 1. The molecule has 1 saturated heterocycles. The van der Waals surface area contributed by atoms with Gasteiger partial charge >= 0.3 is 6.09 Å². The third kappa shape index (κ3) is 5.49. The molecule has 1 fully saturated rings. The zero-order chi connectivity index (χ0) is 26.0. The fourth-order valence-corrected chi connectivity index (χ4v) is 5.70. The zero-order valence-electron chi connectivity index (χ0n) is 21.0. The standard InChI is InChI=1S/C29H29N3O4S/c1-29(2,3)36-28(34)32-25(19-37-27(32)22-10-7-14-30-17-22)26(33)31-15-13-21-11-12-23(16-24(21)31)35-18-20-8-5-4-6-9-20/h4-17,25,27H,18-19H2,1-3H3/t25-,27?/m0/s1. The van der Waals surface area contributed by atoms with Crippen LogP contribution in [0.2, 0.25) is 0 Å². The van der Waals surface area contributed by atoms with Gasteiger partial charge in [0.05, 0.1) is 5.52 Å². The molecule has 3 heterocycles. The SMILES string of the molecule is CC(C)(C)OC(=O)N1C(c2cccnc2)SC[C@H]1C(=O)n1ccc2ccc(OCc3ccccc3)cc21. The molecule has 190 valence electrons. The van der Waals surface area contributed by atoms with Crippen LogP contribution in [0.15, 0.2) is 85.3 Å². The van der Waals surface area contributed by atoms with Gasteiger partial charge in [-0.25, -0.2) is 4.79 Å². The van der Waals surface area contributed by atoms with E-state index in [1.165, 1.54) is 11.8 Å². The third-order valence-corrected chi connectivity index (χ3v) is 7.33. The summed E-state index contributed by atoms with van der Waals surface area (Å²) in [7, 11) is 0. The highest BCUT2D eigenvalue weighted by atomic mass is 32.2. The second kappa shape index (κ2) is 10.3. The normalized spacial score (nSPS) is 17.6. The lowest BCUT2D eigenvalue weighted by atomic mass is 10.2. The number of nitrogens with zero attached hydrogens (tertiary/aromatic N) is 3. The van der Waals surface area contributed by atoms with Crippen LogP contribution in [0, 0.1) is 0 Å². The number of aromatic nitrogens is 2. The van der Waals surface area contributed by atoms with Gasteiger partial charge in [-0.15, -0.1) is 11.8 Å². The van der Waals surface area contributed by atoms with Gasteiger partial charge in [0.15, 0.2) is 0 Å². The Morgan fingerprint density at radius 3 is 2.59 bits per heavy atom. The minimum atomic E-state index is -0.699. The molecule has 0 spiro atoms. The van der Waals surface area contributed by atoms with Crippen LogP contribution in [0.4, 0.5) is 4.79 Å². The lowest BCUT2D eigenvalue weighted by Gasteiger charge is -2.31. The van der Waals surface area contributed by atoms with Crippen molar-refractivity contribution in [1.29, 1.82) is 0 Å². The summed E-state index contributed by atoms with van der Waals surface area (Å²) in [6, 6.07) is 20.6. The molecule has 1 aliphatic rings. The highest BCUT2D eigenvalue weighted by Gasteiger charge is 2.45. The molecule has 0 N–H and O–H groups in total. The lowest BCUT2D eigenvalue weighted by Crippen LogP contribution is -2.46. The average molecular weight is 516 g/mol. The average Bonchev–Trinajstić information content (AvgIpc) is 3.52. The lowest BCUT2D eigenvalue weighted by molar-refractivity contribution is 0.0160. The molecule has 0 radical (unpaired) electrons. The van der Waals surface area contributed by atoms with E-state index in [9.17, 15) is 9.59 Å². The number of carbonyl (C=O) groups excluding carboxylic acids is 2. The first-order valence-corrected chi connectivity index (χ1v) is 13.2. The van der Waals surface area contributed by atoms with Crippen molar-refractivity contribution in [2.45, 2.75) is 44.4 Å². The van der Waals surface area contributed by atoms with Crippen molar-refractivity contribution in [3.63, 3.8) is 0 Å². The second-order valence-electron chi connectivity index (χ2n) is 9.89. The number of thioether (sulfide) groups is 1. The molecular formula is C29H29N3O4S. The molecule has 2 atom stereocenters. The van der Waals surface area contributed by atoms with Crippen molar-refractivity contribution in [2.24, 2.45) is 0 Å². The number of hydrogen-bond donors (Lipinski definition) is 0. The number of hydrogen-bond acceptors (Lipinski definition) is 6. The highest BCUT2D eigenvalue weighted by molar-refractivity contribution is 7.99. The van der Waals surface area contributed by atoms with Gasteiger partial charge in [-0.1, -0.05) is 36.4 Å². The Balaban J connectivity index is 1.43. The number of pyridine rings is 1. The number of amides is 1. The van der Waals surface area contributed by atoms with Gasteiger partial charge in [0.2, 0.25) is 0 Å². The first kappa shape index (κ1) is 24.9. The Morgan fingerprint density at radius 2 is 1.86 bits per heavy atom. The topological polar surface area (TPSA) is 73.7 Å². The van der Waals surface area contributed by atoms with E-state index >= 15 is 0 Å². The maximum Gasteiger partial charge on any atom is 0.412 e. The van der Waals surface area contributed by atoms with Gasteiger partial charge in [0.25, 0.3) is 5.91 Å². The van der Waals surface area contributed by atoms with Crippen molar-refractivity contribution in [2.75, 3.05) is 5.75 Å². The minimum absolute atomic E-state index is 0.194. The maximum absolute atomic E-state index is 13.9. The molecule has 1 unspecified atom stereocenters. The van der Waals surface area contributed by atoms with Crippen molar-refractivity contribution in [1.82, 2.24) is 14.5 Å². The molecule has 0 bridgehead atoms. The van der Waals surface area contributed by atoms with Gasteiger partial charge in [-0.05, 0) is 50.6 Å². The molecule has 5 rings (SSSR count). The molecule has 0 saturated carbocycles. The maximum atomic E-state index is 13.9. The molecule has 1 amide bonds. The first-order chi connectivity index (χ1) is 17.8. The van der Waals surface area contributed by atoms with Crippen LogP contribution in [0.5, 0.6) is 5.75 Å². The van der Waals surface area contributed by atoms with Crippen LogP contribution in [0.1, 0.15) is 42.1 Å². The summed E-state index contributed by atoms with van der Waals surface area (Å²) in [5, 5.41) is 0.544. The number of benzene rings is 2. The van der Waals surface area contributed by atoms with E-state index in [0.717, 1.165) is 22.0 Å². The fraction of sp³-hybridized carbons (Fsp3) is 0.276. The van der Waals surface area contributed by atoms with Crippen LogP contribution in [-0.4, -0.2) is 43.8 Å². The first-order valence-electron chi connectivity index (χ1n) is 12.1. The Kier molecular flexibility index (Phi) is 6.93. The van der Waals surface area contributed by atoms with Crippen LogP contribution < -0.4 is 4.74 Å². The van der Waals surface area contributed by atoms with E-state index in [1.54, 1.807) is 28.1 Å². The Hall–Kier alpha value is -3.78. The fourth-order valence-electron chi connectivity index (χ4n) is 4.30. The number of carbonyl (C=O) groups is 2. The van der Waals surface area contributed by atoms with Gasteiger partial charge in [0, 0.05) is 41.4 Å². The monoisotopic (exact) mass is 515 g/mol. The largest absolute Gasteiger partial charge is 0.489 e. The molecule has 8 heteroatoms. The molecular weight excluding hydrogens is 486 g/mol. The van der Waals surface area contributed by atoms with Gasteiger partial charge in [-0.2, -0.15) is 0 Å². The van der Waals surface area contributed by atoms with Crippen LogP contribution in [0.25, 0.3) is 10.9 Å². The van der Waals surface area contributed by atoms with E-state index in [1.807, 2.05) is 87.5 Å². The van der Waals surface area contributed by atoms with Gasteiger partial charge in [-0.3, -0.25) is 19.2 Å². The Morgan fingerprint density at radius 1 is 1.05 bits per heavy atom. The van der Waals surface area contributed by atoms with Gasteiger partial charge in [0.1, 0.15) is 29.4 Å². The summed E-state index contributed by atoms with van der Waals surface area (Å²) in [5.74, 6) is 0.920. The summed E-state index contributed by atoms with van der Waals surface area (Å²) in [5.41, 5.74) is 1.95. The zero-order valence-corrected chi connectivity index (χ0v) is 21.9. The van der Waals surface area contributed by atoms with Crippen molar-refractivity contribution < 1.29 is 19.1 Å². The molecule has 0 aliphatic carbocycles. The summed E-state index contributed by atoms with van der Waals surface area (Å²) in [6.07, 6.45) is 4.65. The van der Waals surface area contributed by atoms with Crippen LogP contribution in [0.3, 0.4) is 0 Å². The number of rotatable bonds is 5. The molecule has 37 heavy (non-hydrogen) atoms. The van der Waals surface area contributed by atoms with E-state index < -0.39 is 17.7 Å². The Labute approximate surface area is 220 Å². The van der Waals surface area contributed by atoms with Crippen molar-refractivity contribution in [3.8, 4) is 5.75 Å². The molecule has 4 aromatic rings. The molecule has 2 aromatic carbocycles. The van der Waals surface area contributed by atoms with E-state index in [0.29, 0.717) is 18.1 Å². The smallest absolute Gasteiger partial charge is 0.412 e. The van der Waals surface area contributed by atoms with Crippen molar-refractivity contribution >= 4 is 34.7 Å². The van der Waals surface area contributed by atoms with E-state index in [-0.39, 0.29) is 11.3 Å². The second-order valence-corrected chi connectivity index (χ2v) is 11.0. The molecule has 1 aliphatic heterocycles. The molecule has 7 nitrogen and oxygen atoms in total. The third-order valence-electron chi connectivity index (χ3n) is 6.01. The summed E-state index contributed by atoms with van der Waals surface area (Å²) in [6.45, 7) is 5.89. The number of ether oxygens (including phenoxy) is 2. The van der Waals surface area contributed by atoms with E-state index in [2.05, 4.69) is 4.98 Å². The minimum Gasteiger partial charge on any atom is -0.489 e. The Bertz CT molecular complexity index is 1400. The van der Waals surface area contributed by atoms with Crippen molar-refractivity contribution in [3.05, 3.63) is 96.4 Å². The quantitative estimate of drug-likeness (QED) is 0.310. The van der Waals surface area contributed by atoms with Gasteiger partial charge < -0.3 is 9.47 Å². The summed E-state index contributed by atoms with van der Waals surface area (Å²) >= 11 is 1.53. The highest BCUT2D eigenvalue weighted by Crippen LogP contribution is 2.42. The summed E-state index contributed by atoms with van der Waals surface area (Å²) < 4.78 is 13.3. The van der Waals surface area contributed by atoms with Crippen LogP contribution in [-0.2, 0) is 11.3 Å². The predicted octanol–water partition coefficient (Wildman–Crippen LogP) is 6.31. The van der Waals surface area contributed by atoms with E-state index in [4.69, 9.17) is 9.47 Å². The molecule has 2 aromatic heterocycles. The predicted molar refractivity (Wildman–Crippen MR) is 145 cm³/mol. The van der Waals surface area contributed by atoms with Crippen LogP contribution >= 0.6 is 11.8 Å².